The van der Waals surface area contributed by atoms with Crippen LogP contribution in [0, 0.1) is 0 Å². The molecule has 14 heavy (non-hydrogen) atoms. The van der Waals surface area contributed by atoms with E-state index in [1.165, 1.54) is 6.92 Å². The van der Waals surface area contributed by atoms with Crippen LogP contribution in [0.5, 0.6) is 0 Å². The van der Waals surface area contributed by atoms with E-state index in [-0.39, 0.29) is 5.91 Å². The van der Waals surface area contributed by atoms with Gasteiger partial charge in [-0.3, -0.25) is 4.79 Å². The fourth-order valence-corrected chi connectivity index (χ4v) is 1.46. The lowest BCUT2D eigenvalue weighted by atomic mass is 9.97. The molecule has 0 radical (unpaired) electrons. The molecule has 1 amide bonds. The zero-order chi connectivity index (χ0) is 10.9. The standard InChI is InChI=1S/C8H15NO5/c1-3-6(11)5(9-4(2)10)7(12)8(13)14-3/h3,5-8,11-13H,1-2H3,(H,9,10)/t3-,5-,6-,7-,8+/m1/s1. The van der Waals surface area contributed by atoms with Crippen LogP contribution in [0.3, 0.4) is 0 Å². The highest BCUT2D eigenvalue weighted by Gasteiger charge is 2.42. The second kappa shape index (κ2) is 4.22. The third kappa shape index (κ3) is 2.21. The predicted molar refractivity (Wildman–Crippen MR) is 46.2 cm³/mol. The molecule has 0 aromatic carbocycles. The average Bonchev–Trinajstić information content (AvgIpc) is 2.09. The normalized spacial score (nSPS) is 43.4. The van der Waals surface area contributed by atoms with Gasteiger partial charge < -0.3 is 25.4 Å². The average molecular weight is 205 g/mol. The van der Waals surface area contributed by atoms with Gasteiger partial charge in [0.25, 0.3) is 0 Å². The van der Waals surface area contributed by atoms with Gasteiger partial charge in [-0.15, -0.1) is 0 Å². The summed E-state index contributed by atoms with van der Waals surface area (Å²) >= 11 is 0. The van der Waals surface area contributed by atoms with Crippen LogP contribution in [0.15, 0.2) is 0 Å². The van der Waals surface area contributed by atoms with Gasteiger partial charge in [-0.05, 0) is 6.92 Å². The van der Waals surface area contributed by atoms with Crippen LogP contribution < -0.4 is 5.32 Å². The Morgan fingerprint density at radius 1 is 1.29 bits per heavy atom. The first-order valence-corrected chi connectivity index (χ1v) is 4.40. The fourth-order valence-electron chi connectivity index (χ4n) is 1.46. The lowest BCUT2D eigenvalue weighted by molar-refractivity contribution is -0.251. The second-order valence-corrected chi connectivity index (χ2v) is 3.44. The number of ether oxygens (including phenoxy) is 1. The van der Waals surface area contributed by atoms with Crippen molar-refractivity contribution in [3.05, 3.63) is 0 Å². The summed E-state index contributed by atoms with van der Waals surface area (Å²) in [6, 6.07) is -0.897. The summed E-state index contributed by atoms with van der Waals surface area (Å²) in [6.45, 7) is 2.82. The second-order valence-electron chi connectivity index (χ2n) is 3.44. The Labute approximate surface area is 81.5 Å². The molecule has 0 aromatic rings. The molecule has 0 unspecified atom stereocenters. The summed E-state index contributed by atoms with van der Waals surface area (Å²) in [7, 11) is 0. The van der Waals surface area contributed by atoms with Gasteiger partial charge in [0.2, 0.25) is 5.91 Å². The number of carbonyl (C=O) groups is 1. The van der Waals surface area contributed by atoms with E-state index >= 15 is 0 Å². The smallest absolute Gasteiger partial charge is 0.217 e. The van der Waals surface area contributed by atoms with Crippen molar-refractivity contribution in [1.82, 2.24) is 5.32 Å². The maximum Gasteiger partial charge on any atom is 0.217 e. The van der Waals surface area contributed by atoms with Crippen molar-refractivity contribution in [3.63, 3.8) is 0 Å². The molecule has 1 saturated heterocycles. The topological polar surface area (TPSA) is 99.0 Å². The van der Waals surface area contributed by atoms with Gasteiger partial charge in [0.15, 0.2) is 6.29 Å². The van der Waals surface area contributed by atoms with Crippen molar-refractivity contribution in [2.24, 2.45) is 0 Å². The quantitative estimate of drug-likeness (QED) is 0.395. The molecule has 4 N–H and O–H groups in total. The molecule has 1 fully saturated rings. The molecule has 6 nitrogen and oxygen atoms in total. The number of hydrogen-bond acceptors (Lipinski definition) is 5. The highest BCUT2D eigenvalue weighted by molar-refractivity contribution is 5.73. The van der Waals surface area contributed by atoms with Crippen LogP contribution in [-0.4, -0.2) is 51.9 Å². The van der Waals surface area contributed by atoms with E-state index in [4.69, 9.17) is 4.74 Å². The van der Waals surface area contributed by atoms with E-state index < -0.39 is 30.6 Å². The van der Waals surface area contributed by atoms with Crippen molar-refractivity contribution < 1.29 is 24.9 Å². The number of hydrogen-bond donors (Lipinski definition) is 4. The van der Waals surface area contributed by atoms with E-state index in [1.807, 2.05) is 0 Å². The van der Waals surface area contributed by atoms with Gasteiger partial charge in [0.05, 0.1) is 12.1 Å². The summed E-state index contributed by atoms with van der Waals surface area (Å²) in [5, 5.41) is 30.6. The Morgan fingerprint density at radius 2 is 1.86 bits per heavy atom. The van der Waals surface area contributed by atoms with E-state index in [0.717, 1.165) is 0 Å². The third-order valence-electron chi connectivity index (χ3n) is 2.23. The molecule has 1 heterocycles. The van der Waals surface area contributed by atoms with Crippen LogP contribution in [-0.2, 0) is 9.53 Å². The van der Waals surface area contributed by atoms with Crippen molar-refractivity contribution in [3.8, 4) is 0 Å². The maximum absolute atomic E-state index is 10.8. The summed E-state index contributed by atoms with van der Waals surface area (Å²) in [5.74, 6) is -0.380. The highest BCUT2D eigenvalue weighted by atomic mass is 16.6. The summed E-state index contributed by atoms with van der Waals surface area (Å²) < 4.78 is 4.83. The molecule has 0 aromatic heterocycles. The number of carbonyl (C=O) groups excluding carboxylic acids is 1. The zero-order valence-electron chi connectivity index (χ0n) is 8.04. The monoisotopic (exact) mass is 205 g/mol. The zero-order valence-corrected chi connectivity index (χ0v) is 8.04. The highest BCUT2D eigenvalue weighted by Crippen LogP contribution is 2.19. The fraction of sp³-hybridized carbons (Fsp3) is 0.875. The molecule has 82 valence electrons. The Balaban J connectivity index is 2.71. The number of amides is 1. The first-order chi connectivity index (χ1) is 6.43. The first-order valence-electron chi connectivity index (χ1n) is 4.40. The van der Waals surface area contributed by atoms with Crippen molar-refractivity contribution in [2.75, 3.05) is 0 Å². The van der Waals surface area contributed by atoms with E-state index in [2.05, 4.69) is 5.32 Å². The summed E-state index contributed by atoms with van der Waals surface area (Å²) in [6.07, 6.45) is -4.36. The first kappa shape index (κ1) is 11.4. The minimum absolute atomic E-state index is 0.380. The predicted octanol–water partition coefficient (Wildman–Crippen LogP) is -2.05. The van der Waals surface area contributed by atoms with E-state index in [1.54, 1.807) is 6.92 Å². The molecule has 1 aliphatic rings. The summed E-state index contributed by atoms with van der Waals surface area (Å²) in [5.41, 5.74) is 0. The van der Waals surface area contributed by atoms with E-state index in [0.29, 0.717) is 0 Å². The Bertz CT molecular complexity index is 208. The SMILES string of the molecule is CC(=O)N[C@H]1[C@@H](O)[C@@H](O)O[C@H](C)[C@H]1O. The molecule has 0 bridgehead atoms. The van der Waals surface area contributed by atoms with Crippen LogP contribution in [0.4, 0.5) is 0 Å². The molecule has 6 heteroatoms. The largest absolute Gasteiger partial charge is 0.388 e. The lowest BCUT2D eigenvalue weighted by Gasteiger charge is -2.39. The van der Waals surface area contributed by atoms with Crippen LogP contribution in [0.25, 0.3) is 0 Å². The molecular weight excluding hydrogens is 190 g/mol. The van der Waals surface area contributed by atoms with Crippen LogP contribution >= 0.6 is 0 Å². The summed E-state index contributed by atoms with van der Waals surface area (Å²) in [4.78, 5) is 10.8. The van der Waals surface area contributed by atoms with Gasteiger partial charge in [0.1, 0.15) is 12.2 Å². The number of aliphatic hydroxyl groups excluding tert-OH is 3. The Morgan fingerprint density at radius 3 is 2.36 bits per heavy atom. The van der Waals surface area contributed by atoms with Gasteiger partial charge in [0, 0.05) is 6.92 Å². The van der Waals surface area contributed by atoms with Gasteiger partial charge in [-0.2, -0.15) is 0 Å². The Kier molecular flexibility index (Phi) is 3.43. The van der Waals surface area contributed by atoms with Gasteiger partial charge >= 0.3 is 0 Å². The minimum atomic E-state index is -1.38. The molecule has 0 aliphatic carbocycles. The van der Waals surface area contributed by atoms with Gasteiger partial charge in [-0.25, -0.2) is 0 Å². The molecule has 0 saturated carbocycles. The molecular formula is C8H15NO5. The number of rotatable bonds is 1. The van der Waals surface area contributed by atoms with Crippen molar-refractivity contribution in [2.45, 2.75) is 44.5 Å². The van der Waals surface area contributed by atoms with Crippen LogP contribution in [0.1, 0.15) is 13.8 Å². The molecule has 0 spiro atoms. The van der Waals surface area contributed by atoms with Crippen LogP contribution in [0.2, 0.25) is 0 Å². The van der Waals surface area contributed by atoms with Crippen molar-refractivity contribution >= 4 is 5.91 Å². The maximum atomic E-state index is 10.8. The molecule has 1 rings (SSSR count). The van der Waals surface area contributed by atoms with Gasteiger partial charge in [-0.1, -0.05) is 0 Å². The Hall–Kier alpha value is -0.690. The molecule has 5 atom stereocenters. The van der Waals surface area contributed by atoms with E-state index in [9.17, 15) is 20.1 Å². The lowest BCUT2D eigenvalue weighted by Crippen LogP contribution is -2.62. The van der Waals surface area contributed by atoms with Crippen molar-refractivity contribution in [1.29, 1.82) is 0 Å². The third-order valence-corrected chi connectivity index (χ3v) is 2.23. The molecule has 1 aliphatic heterocycles. The number of nitrogens with one attached hydrogen (secondary N) is 1. The number of aliphatic hydroxyl groups is 3. The minimum Gasteiger partial charge on any atom is -0.388 e.